The van der Waals surface area contributed by atoms with Crippen molar-refractivity contribution in [3.63, 3.8) is 0 Å². The van der Waals surface area contributed by atoms with Crippen LogP contribution in [-0.2, 0) is 0 Å². The summed E-state index contributed by atoms with van der Waals surface area (Å²) in [5.74, 6) is 0. The molecule has 1 aromatic heterocycles. The van der Waals surface area contributed by atoms with Gasteiger partial charge in [0.05, 0.1) is 6.04 Å². The summed E-state index contributed by atoms with van der Waals surface area (Å²) in [4.78, 5) is 4.48. The fourth-order valence-electron chi connectivity index (χ4n) is 3.08. The quantitative estimate of drug-likeness (QED) is 0.820. The van der Waals surface area contributed by atoms with Crippen molar-refractivity contribution in [2.75, 3.05) is 7.05 Å². The number of hydrogen-bond acceptors (Lipinski definition) is 2. The lowest BCUT2D eigenvalue weighted by Gasteiger charge is -2.23. The molecule has 0 fully saturated rings. The van der Waals surface area contributed by atoms with E-state index in [1.165, 1.54) is 44.1 Å². The maximum atomic E-state index is 4.48. The van der Waals surface area contributed by atoms with E-state index < -0.39 is 0 Å². The van der Waals surface area contributed by atoms with Gasteiger partial charge in [-0.15, -0.1) is 0 Å². The molecule has 1 heterocycles. The predicted octanol–water partition coefficient (Wildman–Crippen LogP) is 4.24. The standard InChI is InChI=1S/C17H26N2/c1-13-11-16(12-14(2)19-13)17(18-3)15-9-7-5-4-6-8-10-15/h9,11-12,17-18H,4-8,10H2,1-3H3/b15-9+. The summed E-state index contributed by atoms with van der Waals surface area (Å²) in [7, 11) is 2.06. The monoisotopic (exact) mass is 258 g/mol. The van der Waals surface area contributed by atoms with E-state index in [1.807, 2.05) is 0 Å². The smallest absolute Gasteiger partial charge is 0.0534 e. The zero-order valence-electron chi connectivity index (χ0n) is 12.5. The van der Waals surface area contributed by atoms with Crippen molar-refractivity contribution >= 4 is 0 Å². The first-order valence-corrected chi connectivity index (χ1v) is 7.52. The minimum absolute atomic E-state index is 0.360. The highest BCUT2D eigenvalue weighted by Gasteiger charge is 2.16. The molecule has 0 aliphatic heterocycles. The number of hydrogen-bond donors (Lipinski definition) is 1. The number of pyridine rings is 1. The maximum Gasteiger partial charge on any atom is 0.0534 e. The SMILES string of the molecule is CNC(/C1=C/CCCCCC1)c1cc(C)nc(C)c1. The molecule has 0 saturated carbocycles. The summed E-state index contributed by atoms with van der Waals surface area (Å²) < 4.78 is 0. The van der Waals surface area contributed by atoms with Crippen LogP contribution in [0.25, 0.3) is 0 Å². The molecule has 1 aliphatic rings. The van der Waals surface area contributed by atoms with Crippen molar-refractivity contribution in [3.8, 4) is 0 Å². The largest absolute Gasteiger partial charge is 0.310 e. The molecule has 0 radical (unpaired) electrons. The Morgan fingerprint density at radius 1 is 1.05 bits per heavy atom. The van der Waals surface area contributed by atoms with Crippen LogP contribution >= 0.6 is 0 Å². The average Bonchev–Trinajstić information content (AvgIpc) is 2.31. The molecule has 2 heteroatoms. The predicted molar refractivity (Wildman–Crippen MR) is 81.3 cm³/mol. The van der Waals surface area contributed by atoms with Crippen LogP contribution < -0.4 is 5.32 Å². The van der Waals surface area contributed by atoms with Crippen molar-refractivity contribution in [3.05, 3.63) is 40.7 Å². The van der Waals surface area contributed by atoms with Gasteiger partial charge in [-0.1, -0.05) is 24.5 Å². The van der Waals surface area contributed by atoms with Crippen LogP contribution in [0.1, 0.15) is 61.5 Å². The van der Waals surface area contributed by atoms with Crippen LogP contribution in [0.3, 0.4) is 0 Å². The lowest BCUT2D eigenvalue weighted by Crippen LogP contribution is -2.20. The van der Waals surface area contributed by atoms with E-state index in [0.717, 1.165) is 11.4 Å². The number of nitrogens with one attached hydrogen (secondary N) is 1. The van der Waals surface area contributed by atoms with Gasteiger partial charge in [0.15, 0.2) is 0 Å². The van der Waals surface area contributed by atoms with Crippen LogP contribution in [0.2, 0.25) is 0 Å². The van der Waals surface area contributed by atoms with E-state index in [-0.39, 0.29) is 0 Å². The van der Waals surface area contributed by atoms with Gasteiger partial charge in [-0.2, -0.15) is 0 Å². The average molecular weight is 258 g/mol. The summed E-state index contributed by atoms with van der Waals surface area (Å²) in [6.07, 6.45) is 10.4. The molecule has 0 saturated heterocycles. The molecule has 0 amide bonds. The molecule has 1 aliphatic carbocycles. The molecule has 0 aromatic carbocycles. The number of aromatic nitrogens is 1. The molecule has 0 spiro atoms. The molecule has 1 unspecified atom stereocenters. The van der Waals surface area contributed by atoms with E-state index in [9.17, 15) is 0 Å². The Morgan fingerprint density at radius 2 is 1.74 bits per heavy atom. The van der Waals surface area contributed by atoms with Gasteiger partial charge in [-0.25, -0.2) is 0 Å². The second-order valence-corrected chi connectivity index (χ2v) is 5.64. The van der Waals surface area contributed by atoms with E-state index in [2.05, 4.69) is 49.4 Å². The lowest BCUT2D eigenvalue weighted by molar-refractivity contribution is 0.573. The van der Waals surface area contributed by atoms with Crippen molar-refractivity contribution in [1.29, 1.82) is 0 Å². The number of rotatable bonds is 3. The number of allylic oxidation sites excluding steroid dienone is 1. The number of likely N-dealkylation sites (N-methyl/N-ethyl adjacent to an activating group) is 1. The summed E-state index contributed by atoms with van der Waals surface area (Å²) in [6, 6.07) is 4.79. The summed E-state index contributed by atoms with van der Waals surface area (Å²) in [6.45, 7) is 4.16. The van der Waals surface area contributed by atoms with Crippen LogP contribution in [-0.4, -0.2) is 12.0 Å². The minimum Gasteiger partial charge on any atom is -0.310 e. The lowest BCUT2D eigenvalue weighted by atomic mass is 9.91. The fourth-order valence-corrected chi connectivity index (χ4v) is 3.08. The van der Waals surface area contributed by atoms with Gasteiger partial charge in [0.1, 0.15) is 0 Å². The third-order valence-corrected chi connectivity index (χ3v) is 3.92. The van der Waals surface area contributed by atoms with Crippen LogP contribution in [0.5, 0.6) is 0 Å². The number of aryl methyl sites for hydroxylation is 2. The van der Waals surface area contributed by atoms with E-state index in [0.29, 0.717) is 6.04 Å². The molecule has 2 rings (SSSR count). The Morgan fingerprint density at radius 3 is 2.42 bits per heavy atom. The maximum absolute atomic E-state index is 4.48. The van der Waals surface area contributed by atoms with Crippen molar-refractivity contribution < 1.29 is 0 Å². The van der Waals surface area contributed by atoms with Gasteiger partial charge in [0, 0.05) is 11.4 Å². The first kappa shape index (κ1) is 14.3. The van der Waals surface area contributed by atoms with Crippen molar-refractivity contribution in [2.45, 2.75) is 58.4 Å². The molecule has 1 atom stereocenters. The van der Waals surface area contributed by atoms with Crippen molar-refractivity contribution in [2.24, 2.45) is 0 Å². The summed E-state index contributed by atoms with van der Waals surface area (Å²) in [5.41, 5.74) is 5.15. The summed E-state index contributed by atoms with van der Waals surface area (Å²) in [5, 5.41) is 3.49. The van der Waals surface area contributed by atoms with E-state index >= 15 is 0 Å². The molecular weight excluding hydrogens is 232 g/mol. The number of nitrogens with zero attached hydrogens (tertiary/aromatic N) is 1. The minimum atomic E-state index is 0.360. The van der Waals surface area contributed by atoms with E-state index in [4.69, 9.17) is 0 Å². The zero-order valence-corrected chi connectivity index (χ0v) is 12.5. The van der Waals surface area contributed by atoms with Crippen LogP contribution in [0.15, 0.2) is 23.8 Å². The van der Waals surface area contributed by atoms with Crippen LogP contribution in [0.4, 0.5) is 0 Å². The Kier molecular flexibility index (Phi) is 5.15. The zero-order chi connectivity index (χ0) is 13.7. The van der Waals surface area contributed by atoms with Gasteiger partial charge in [0.2, 0.25) is 0 Å². The van der Waals surface area contributed by atoms with Gasteiger partial charge >= 0.3 is 0 Å². The Balaban J connectivity index is 2.26. The second-order valence-electron chi connectivity index (χ2n) is 5.64. The highest BCUT2D eigenvalue weighted by Crippen LogP contribution is 2.29. The third kappa shape index (κ3) is 3.90. The summed E-state index contributed by atoms with van der Waals surface area (Å²) >= 11 is 0. The molecule has 19 heavy (non-hydrogen) atoms. The third-order valence-electron chi connectivity index (χ3n) is 3.92. The first-order valence-electron chi connectivity index (χ1n) is 7.52. The Labute approximate surface area is 117 Å². The Bertz CT molecular complexity index is 428. The van der Waals surface area contributed by atoms with Crippen molar-refractivity contribution in [1.82, 2.24) is 10.3 Å². The van der Waals surface area contributed by atoms with Crippen LogP contribution in [0, 0.1) is 13.8 Å². The molecule has 104 valence electrons. The van der Waals surface area contributed by atoms with Gasteiger partial charge in [0.25, 0.3) is 0 Å². The van der Waals surface area contributed by atoms with E-state index in [1.54, 1.807) is 5.57 Å². The van der Waals surface area contributed by atoms with Gasteiger partial charge in [-0.3, -0.25) is 4.98 Å². The Hall–Kier alpha value is -1.15. The molecular formula is C17H26N2. The highest BCUT2D eigenvalue weighted by molar-refractivity contribution is 5.31. The highest BCUT2D eigenvalue weighted by atomic mass is 14.9. The molecule has 1 N–H and O–H groups in total. The second kappa shape index (κ2) is 6.85. The molecule has 1 aromatic rings. The van der Waals surface area contributed by atoms with Gasteiger partial charge in [-0.05, 0) is 64.3 Å². The van der Waals surface area contributed by atoms with Gasteiger partial charge < -0.3 is 5.32 Å². The molecule has 2 nitrogen and oxygen atoms in total. The molecule has 0 bridgehead atoms. The first-order chi connectivity index (χ1) is 9.20. The fraction of sp³-hybridized carbons (Fsp3) is 0.588. The topological polar surface area (TPSA) is 24.9 Å². The normalized spacial score (nSPS) is 21.1.